The first-order chi connectivity index (χ1) is 9.16. The second-order valence-corrected chi connectivity index (χ2v) is 6.49. The number of hydrogen-bond donors (Lipinski definition) is 0. The van der Waals surface area contributed by atoms with Crippen LogP contribution < -0.4 is 0 Å². The lowest BCUT2D eigenvalue weighted by Crippen LogP contribution is -2.61. The fraction of sp³-hybridized carbons (Fsp3) is 0.867. The molecule has 0 bridgehead atoms. The molecule has 3 atom stereocenters. The maximum Gasteiger partial charge on any atom is 0.245 e. The lowest BCUT2D eigenvalue weighted by molar-refractivity contribution is -0.158. The molecule has 2 saturated heterocycles. The molecule has 19 heavy (non-hydrogen) atoms. The van der Waals surface area contributed by atoms with E-state index >= 15 is 0 Å². The van der Waals surface area contributed by atoms with Crippen LogP contribution in [0.1, 0.15) is 45.4 Å². The number of hydrogen-bond acceptors (Lipinski definition) is 2. The van der Waals surface area contributed by atoms with E-state index in [4.69, 9.17) is 0 Å². The van der Waals surface area contributed by atoms with Crippen molar-refractivity contribution < 1.29 is 9.59 Å². The smallest absolute Gasteiger partial charge is 0.245 e. The summed E-state index contributed by atoms with van der Waals surface area (Å²) in [6, 6.07) is -0.147. The Kier molecular flexibility index (Phi) is 3.50. The van der Waals surface area contributed by atoms with E-state index in [1.165, 1.54) is 19.3 Å². The van der Waals surface area contributed by atoms with Gasteiger partial charge < -0.3 is 9.80 Å². The lowest BCUT2D eigenvalue weighted by atomic mass is 9.94. The van der Waals surface area contributed by atoms with Gasteiger partial charge in [-0.25, -0.2) is 0 Å². The Balaban J connectivity index is 1.69. The van der Waals surface area contributed by atoms with Crippen LogP contribution >= 0.6 is 0 Å². The zero-order valence-electron chi connectivity index (χ0n) is 11.8. The topological polar surface area (TPSA) is 40.6 Å². The van der Waals surface area contributed by atoms with Crippen LogP contribution in [0.25, 0.3) is 0 Å². The van der Waals surface area contributed by atoms with E-state index in [0.717, 1.165) is 32.4 Å². The first kappa shape index (κ1) is 12.9. The van der Waals surface area contributed by atoms with E-state index in [2.05, 4.69) is 6.92 Å². The number of piperazine rings is 1. The summed E-state index contributed by atoms with van der Waals surface area (Å²) in [4.78, 5) is 28.4. The Morgan fingerprint density at radius 1 is 1.11 bits per heavy atom. The van der Waals surface area contributed by atoms with Crippen LogP contribution in [0.5, 0.6) is 0 Å². The summed E-state index contributed by atoms with van der Waals surface area (Å²) in [5.41, 5.74) is 0. The normalized spacial score (nSPS) is 35.7. The van der Waals surface area contributed by atoms with Crippen molar-refractivity contribution in [3.8, 4) is 0 Å². The summed E-state index contributed by atoms with van der Waals surface area (Å²) < 4.78 is 0. The summed E-state index contributed by atoms with van der Waals surface area (Å²) in [6.07, 6.45) is 6.76. The van der Waals surface area contributed by atoms with E-state index in [0.29, 0.717) is 18.4 Å². The van der Waals surface area contributed by atoms with Gasteiger partial charge >= 0.3 is 0 Å². The minimum atomic E-state index is -0.147. The summed E-state index contributed by atoms with van der Waals surface area (Å²) in [6.45, 7) is 4.18. The van der Waals surface area contributed by atoms with E-state index < -0.39 is 0 Å². The lowest BCUT2D eigenvalue weighted by Gasteiger charge is -2.43. The largest absolute Gasteiger partial charge is 0.331 e. The number of amides is 2. The van der Waals surface area contributed by atoms with Crippen molar-refractivity contribution in [2.75, 3.05) is 19.6 Å². The third-order valence-corrected chi connectivity index (χ3v) is 5.24. The van der Waals surface area contributed by atoms with Crippen molar-refractivity contribution in [2.45, 2.75) is 51.5 Å². The molecule has 0 aromatic heterocycles. The highest BCUT2D eigenvalue weighted by molar-refractivity contribution is 5.95. The first-order valence-electron chi connectivity index (χ1n) is 7.75. The number of fused-ring (bicyclic) bond motifs is 1. The van der Waals surface area contributed by atoms with Gasteiger partial charge in [-0.05, 0) is 37.5 Å². The molecule has 2 heterocycles. The molecule has 3 aliphatic rings. The van der Waals surface area contributed by atoms with Crippen LogP contribution in [0.2, 0.25) is 0 Å². The monoisotopic (exact) mass is 264 g/mol. The molecule has 0 N–H and O–H groups in total. The molecule has 2 amide bonds. The van der Waals surface area contributed by atoms with E-state index in [9.17, 15) is 9.59 Å². The summed E-state index contributed by atoms with van der Waals surface area (Å²) in [7, 11) is 0. The predicted octanol–water partition coefficient (Wildman–Crippen LogP) is 1.65. The van der Waals surface area contributed by atoms with Crippen LogP contribution in [-0.4, -0.2) is 47.3 Å². The number of piperidine rings is 1. The van der Waals surface area contributed by atoms with Gasteiger partial charge in [0.15, 0.2) is 0 Å². The number of carbonyl (C=O) groups is 2. The molecular formula is C15H24N2O2. The molecule has 3 unspecified atom stereocenters. The fourth-order valence-corrected chi connectivity index (χ4v) is 3.96. The molecule has 3 fully saturated rings. The Bertz CT molecular complexity index is 382. The van der Waals surface area contributed by atoms with Crippen LogP contribution in [-0.2, 0) is 9.59 Å². The van der Waals surface area contributed by atoms with E-state index in [-0.39, 0.29) is 17.9 Å². The molecule has 4 heteroatoms. The van der Waals surface area contributed by atoms with Gasteiger partial charge in [0.2, 0.25) is 11.8 Å². The standard InChI is InChI=1S/C15H24N2O2/c1-11-5-4-6-12(11)9-16-10-14(18)17-8-3-2-7-13(17)15(16)19/h11-13H,2-10H2,1H3. The molecule has 0 aromatic carbocycles. The Hall–Kier alpha value is -1.06. The average molecular weight is 264 g/mol. The van der Waals surface area contributed by atoms with Gasteiger partial charge in [-0.2, -0.15) is 0 Å². The minimum Gasteiger partial charge on any atom is -0.331 e. The van der Waals surface area contributed by atoms with Crippen LogP contribution in [0, 0.1) is 11.8 Å². The van der Waals surface area contributed by atoms with Gasteiger partial charge in [0, 0.05) is 13.1 Å². The maximum absolute atomic E-state index is 12.5. The van der Waals surface area contributed by atoms with E-state index in [1.807, 2.05) is 9.80 Å². The Morgan fingerprint density at radius 2 is 1.95 bits per heavy atom. The third kappa shape index (κ3) is 2.37. The quantitative estimate of drug-likeness (QED) is 0.761. The maximum atomic E-state index is 12.5. The second-order valence-electron chi connectivity index (χ2n) is 6.49. The molecule has 106 valence electrons. The molecule has 0 spiro atoms. The molecule has 1 saturated carbocycles. The van der Waals surface area contributed by atoms with Gasteiger partial charge in [-0.15, -0.1) is 0 Å². The second kappa shape index (κ2) is 5.14. The molecule has 1 aliphatic carbocycles. The molecule has 2 aliphatic heterocycles. The molecule has 3 rings (SSSR count). The highest BCUT2D eigenvalue weighted by atomic mass is 16.2. The van der Waals surface area contributed by atoms with Gasteiger partial charge in [0.1, 0.15) is 6.04 Å². The highest BCUT2D eigenvalue weighted by Gasteiger charge is 2.41. The van der Waals surface area contributed by atoms with Gasteiger partial charge in [0.25, 0.3) is 0 Å². The number of nitrogens with zero attached hydrogens (tertiary/aromatic N) is 2. The molecule has 4 nitrogen and oxygen atoms in total. The predicted molar refractivity (Wildman–Crippen MR) is 72.4 cm³/mol. The van der Waals surface area contributed by atoms with Crippen molar-refractivity contribution in [1.82, 2.24) is 9.80 Å². The van der Waals surface area contributed by atoms with Crippen molar-refractivity contribution >= 4 is 11.8 Å². The van der Waals surface area contributed by atoms with Crippen LogP contribution in [0.3, 0.4) is 0 Å². The van der Waals surface area contributed by atoms with Crippen LogP contribution in [0.4, 0.5) is 0 Å². The molecule has 0 radical (unpaired) electrons. The number of rotatable bonds is 2. The van der Waals surface area contributed by atoms with Gasteiger partial charge in [-0.3, -0.25) is 9.59 Å². The average Bonchev–Trinajstić information content (AvgIpc) is 2.81. The highest BCUT2D eigenvalue weighted by Crippen LogP contribution is 2.33. The summed E-state index contributed by atoms with van der Waals surface area (Å²) >= 11 is 0. The molecule has 0 aromatic rings. The van der Waals surface area contributed by atoms with Crippen molar-refractivity contribution in [3.05, 3.63) is 0 Å². The third-order valence-electron chi connectivity index (χ3n) is 5.24. The zero-order valence-corrected chi connectivity index (χ0v) is 11.8. The van der Waals surface area contributed by atoms with E-state index in [1.54, 1.807) is 0 Å². The SMILES string of the molecule is CC1CCCC1CN1CC(=O)N2CCCCC2C1=O. The Labute approximate surface area is 115 Å². The summed E-state index contributed by atoms with van der Waals surface area (Å²) in [5, 5.41) is 0. The first-order valence-corrected chi connectivity index (χ1v) is 7.75. The summed E-state index contributed by atoms with van der Waals surface area (Å²) in [5.74, 6) is 1.67. The molecular weight excluding hydrogens is 240 g/mol. The minimum absolute atomic E-state index is 0.147. The van der Waals surface area contributed by atoms with Crippen molar-refractivity contribution in [2.24, 2.45) is 11.8 Å². The fourth-order valence-electron chi connectivity index (χ4n) is 3.96. The van der Waals surface area contributed by atoms with Crippen molar-refractivity contribution in [3.63, 3.8) is 0 Å². The van der Waals surface area contributed by atoms with Gasteiger partial charge in [-0.1, -0.05) is 19.8 Å². The number of carbonyl (C=O) groups excluding carboxylic acids is 2. The van der Waals surface area contributed by atoms with Crippen molar-refractivity contribution in [1.29, 1.82) is 0 Å². The van der Waals surface area contributed by atoms with Gasteiger partial charge in [0.05, 0.1) is 6.54 Å². The van der Waals surface area contributed by atoms with Crippen LogP contribution in [0.15, 0.2) is 0 Å². The Morgan fingerprint density at radius 3 is 2.68 bits per heavy atom. The zero-order chi connectivity index (χ0) is 13.4.